The van der Waals surface area contributed by atoms with Crippen LogP contribution in [0.3, 0.4) is 0 Å². The van der Waals surface area contributed by atoms with E-state index in [1.54, 1.807) is 0 Å². The van der Waals surface area contributed by atoms with Crippen molar-refractivity contribution in [1.29, 1.82) is 0 Å². The number of rotatable bonds is 0. The summed E-state index contributed by atoms with van der Waals surface area (Å²) in [6.07, 6.45) is 8.69. The van der Waals surface area contributed by atoms with Crippen LogP contribution < -0.4 is 6.15 Å². The summed E-state index contributed by atoms with van der Waals surface area (Å²) in [4.78, 5) is 10.5. The maximum atomic E-state index is 6.80. The van der Waals surface area contributed by atoms with Gasteiger partial charge in [-0.3, -0.25) is 0 Å². The summed E-state index contributed by atoms with van der Waals surface area (Å²) >= 11 is -1.79. The zero-order valence-electron chi connectivity index (χ0n) is 28.7. The molecule has 4 nitrogen and oxygen atoms in total. The van der Waals surface area contributed by atoms with Gasteiger partial charge < -0.3 is 0 Å². The van der Waals surface area contributed by atoms with E-state index in [1.165, 1.54) is 35.1 Å². The molecule has 1 aliphatic carbocycles. The smallest absolute Gasteiger partial charge is 0.197 e. The molecule has 1 aliphatic heterocycles. The molecule has 2 aromatic rings. The van der Waals surface area contributed by atoms with Gasteiger partial charge in [-0.05, 0) is 0 Å². The van der Waals surface area contributed by atoms with E-state index in [0.29, 0.717) is 0 Å². The first-order chi connectivity index (χ1) is 18.9. The average Bonchev–Trinajstić information content (AvgIpc) is 2.85. The molecular formula is C36H56N2O2S2Sn. The quantitative estimate of drug-likeness (QED) is 0.254. The third-order valence-electron chi connectivity index (χ3n) is 8.37. The van der Waals surface area contributed by atoms with E-state index in [1.807, 2.05) is 0 Å². The third kappa shape index (κ3) is 9.22. The zero-order chi connectivity index (χ0) is 30.4. The molecule has 238 valence electrons. The Hall–Kier alpha value is -1.12. The summed E-state index contributed by atoms with van der Waals surface area (Å²) in [5, 5.41) is 0. The Kier molecular flexibility index (Phi) is 12.5. The summed E-state index contributed by atoms with van der Waals surface area (Å²) in [5.41, 5.74) is 7.06. The van der Waals surface area contributed by atoms with Gasteiger partial charge in [-0.1, -0.05) is 0 Å². The van der Waals surface area contributed by atoms with Crippen molar-refractivity contribution in [3.05, 3.63) is 57.6 Å². The van der Waals surface area contributed by atoms with E-state index < -0.39 is 22.0 Å². The Balaban J connectivity index is 0.00000323. The SMILES string of the molecule is CC(C)(C)c1cc2c(c(C(C)(C)C)c1)[O][Sn][O]c1c(cc(C(C)(C)C)cc1C(C)(C)C)C=NC1CCCCC1N=C2.S.S. The number of nitrogens with zero attached hydrogens (tertiary/aromatic N) is 2. The molecular weight excluding hydrogens is 675 g/mol. The molecule has 1 heterocycles. The Labute approximate surface area is 287 Å². The molecule has 0 spiro atoms. The van der Waals surface area contributed by atoms with E-state index in [-0.39, 0.29) is 60.7 Å². The minimum atomic E-state index is -1.79. The van der Waals surface area contributed by atoms with Crippen molar-refractivity contribution < 1.29 is 6.15 Å². The van der Waals surface area contributed by atoms with Crippen LogP contribution in [0.5, 0.6) is 11.5 Å². The van der Waals surface area contributed by atoms with Crippen molar-refractivity contribution in [2.75, 3.05) is 0 Å². The van der Waals surface area contributed by atoms with Crippen molar-refractivity contribution >= 4 is 61.4 Å². The normalized spacial score (nSPS) is 19.4. The second kappa shape index (κ2) is 14.1. The Morgan fingerprint density at radius 2 is 0.907 bits per heavy atom. The van der Waals surface area contributed by atoms with E-state index in [2.05, 4.69) is 120 Å². The van der Waals surface area contributed by atoms with Crippen LogP contribution in [0.25, 0.3) is 0 Å². The van der Waals surface area contributed by atoms with Crippen molar-refractivity contribution in [2.45, 2.75) is 143 Å². The summed E-state index contributed by atoms with van der Waals surface area (Å²) in [7, 11) is 0. The molecule has 0 aromatic heterocycles. The number of hydrogen-bond donors (Lipinski definition) is 0. The second-order valence-corrected chi connectivity index (χ2v) is 17.8. The van der Waals surface area contributed by atoms with Crippen LogP contribution in [0.15, 0.2) is 34.3 Å². The Bertz CT molecular complexity index is 1220. The molecule has 1 fully saturated rings. The van der Waals surface area contributed by atoms with Gasteiger partial charge in [0.05, 0.1) is 0 Å². The summed E-state index contributed by atoms with van der Waals surface area (Å²) in [6.45, 7) is 27.3. The van der Waals surface area contributed by atoms with Crippen LogP contribution in [-0.4, -0.2) is 46.5 Å². The van der Waals surface area contributed by atoms with E-state index in [4.69, 9.17) is 16.1 Å². The molecule has 0 amide bonds. The number of aliphatic imine (C=N–C) groups is 2. The molecule has 2 unspecified atom stereocenters. The summed E-state index contributed by atoms with van der Waals surface area (Å²) < 4.78 is 13.6. The predicted octanol–water partition coefficient (Wildman–Crippen LogP) is 9.26. The largest absolute Gasteiger partial charge is 0.197 e. The van der Waals surface area contributed by atoms with E-state index in [0.717, 1.165) is 35.5 Å². The number of benzene rings is 2. The first kappa shape index (κ1) is 38.1. The van der Waals surface area contributed by atoms with Gasteiger partial charge in [0.2, 0.25) is 0 Å². The molecule has 43 heavy (non-hydrogen) atoms. The molecule has 1 saturated carbocycles. The van der Waals surface area contributed by atoms with Gasteiger partial charge in [-0.2, -0.15) is 27.0 Å². The fraction of sp³-hybridized carbons (Fsp3) is 0.611. The standard InChI is InChI=1S/C36H54N2O2.2H2S.Sn/c1-33(2,3)25-17-23(31(39)27(19-25)35(7,8)9)21-37-29-15-13-14-16-30(29)38-22-24-18-26(34(4,5)6)20-28(32(24)40)36(10,11)12;;;/h17-22,29-30,39-40H,13-16H2,1-12H3;2*1H2;/q;;;+2/p-2. The summed E-state index contributed by atoms with van der Waals surface area (Å²) in [5.74, 6) is 1.89. The minimum Gasteiger partial charge on any atom is -0.197 e. The minimum absolute atomic E-state index is 0. The molecule has 0 N–H and O–H groups in total. The van der Waals surface area contributed by atoms with Gasteiger partial charge in [0.15, 0.2) is 0 Å². The number of hydrogen-bond acceptors (Lipinski definition) is 4. The Morgan fingerprint density at radius 3 is 1.21 bits per heavy atom. The monoisotopic (exact) mass is 732 g/mol. The fourth-order valence-corrected chi connectivity index (χ4v) is 7.49. The van der Waals surface area contributed by atoms with Gasteiger partial charge in [0, 0.05) is 0 Å². The maximum absolute atomic E-state index is 6.80. The van der Waals surface area contributed by atoms with Crippen LogP contribution in [-0.2, 0) is 21.7 Å². The van der Waals surface area contributed by atoms with Gasteiger partial charge in [-0.25, -0.2) is 0 Å². The van der Waals surface area contributed by atoms with Crippen molar-refractivity contribution in [3.8, 4) is 11.5 Å². The van der Waals surface area contributed by atoms with Crippen molar-refractivity contribution in [2.24, 2.45) is 9.98 Å². The Morgan fingerprint density at radius 1 is 0.558 bits per heavy atom. The van der Waals surface area contributed by atoms with Crippen LogP contribution in [0.2, 0.25) is 0 Å². The maximum Gasteiger partial charge on any atom is -0.197 e. The van der Waals surface area contributed by atoms with Crippen molar-refractivity contribution in [3.63, 3.8) is 0 Å². The van der Waals surface area contributed by atoms with Crippen molar-refractivity contribution in [1.82, 2.24) is 0 Å². The number of fused-ring (bicyclic) bond motifs is 3. The first-order valence-electron chi connectivity index (χ1n) is 15.4. The second-order valence-electron chi connectivity index (χ2n) is 16.1. The molecule has 2 aliphatic rings. The third-order valence-corrected chi connectivity index (χ3v) is 10.0. The average molecular weight is 732 g/mol. The van der Waals surface area contributed by atoms with Gasteiger partial charge in [0.1, 0.15) is 0 Å². The first-order valence-corrected chi connectivity index (χ1v) is 17.7. The molecule has 2 radical (unpaired) electrons. The molecule has 0 saturated heterocycles. The molecule has 2 aromatic carbocycles. The van der Waals surface area contributed by atoms with Crippen LogP contribution in [0, 0.1) is 0 Å². The van der Waals surface area contributed by atoms with Crippen LogP contribution in [0.1, 0.15) is 142 Å². The fourth-order valence-electron chi connectivity index (χ4n) is 5.60. The molecule has 7 heteroatoms. The van der Waals surface area contributed by atoms with E-state index in [9.17, 15) is 0 Å². The predicted molar refractivity (Wildman–Crippen MR) is 197 cm³/mol. The van der Waals surface area contributed by atoms with Crippen LogP contribution in [0.4, 0.5) is 0 Å². The molecule has 0 bridgehead atoms. The van der Waals surface area contributed by atoms with Crippen LogP contribution >= 0.6 is 27.0 Å². The molecule has 4 rings (SSSR count). The summed E-state index contributed by atoms with van der Waals surface area (Å²) in [6, 6.07) is 9.61. The topological polar surface area (TPSA) is 43.2 Å². The zero-order valence-corrected chi connectivity index (χ0v) is 33.5. The van der Waals surface area contributed by atoms with Gasteiger partial charge >= 0.3 is 262 Å². The van der Waals surface area contributed by atoms with E-state index >= 15 is 0 Å². The molecule has 2 atom stereocenters. The van der Waals surface area contributed by atoms with Gasteiger partial charge in [0.25, 0.3) is 0 Å². The van der Waals surface area contributed by atoms with Gasteiger partial charge in [-0.15, -0.1) is 0 Å².